The molecule has 3 aromatic rings. The first-order valence-corrected chi connectivity index (χ1v) is 7.36. The van der Waals surface area contributed by atoms with Gasteiger partial charge in [0, 0.05) is 24.4 Å². The maximum atomic E-state index is 13.0. The van der Waals surface area contributed by atoms with Crippen molar-refractivity contribution in [1.29, 1.82) is 0 Å². The van der Waals surface area contributed by atoms with Crippen LogP contribution in [-0.2, 0) is 17.6 Å². The fourth-order valence-corrected chi connectivity index (χ4v) is 2.26. The van der Waals surface area contributed by atoms with Gasteiger partial charge in [0.2, 0.25) is 0 Å². The summed E-state index contributed by atoms with van der Waals surface area (Å²) in [5, 5.41) is 4.21. The van der Waals surface area contributed by atoms with Gasteiger partial charge < -0.3 is 4.74 Å². The van der Waals surface area contributed by atoms with E-state index in [0.717, 1.165) is 10.2 Å². The molecule has 0 atom stereocenters. The SMILES string of the molecule is COC(=O)n1nc(-c2cccnc2)nc1CCc1ccc(F)cc1. The van der Waals surface area contributed by atoms with E-state index < -0.39 is 6.09 Å². The number of carbonyl (C=O) groups excluding carboxylic acids is 1. The zero-order chi connectivity index (χ0) is 16.9. The van der Waals surface area contributed by atoms with Crippen molar-refractivity contribution in [2.24, 2.45) is 0 Å². The van der Waals surface area contributed by atoms with Gasteiger partial charge in [-0.15, -0.1) is 9.78 Å². The van der Waals surface area contributed by atoms with Crippen LogP contribution in [0.3, 0.4) is 0 Å². The Morgan fingerprint density at radius 2 is 2.00 bits per heavy atom. The van der Waals surface area contributed by atoms with E-state index in [2.05, 4.69) is 15.1 Å². The molecule has 0 aliphatic rings. The molecule has 0 saturated carbocycles. The van der Waals surface area contributed by atoms with Gasteiger partial charge in [-0.1, -0.05) is 12.1 Å². The smallest absolute Gasteiger partial charge is 0.436 e. The number of pyridine rings is 1. The van der Waals surface area contributed by atoms with Gasteiger partial charge in [-0.05, 0) is 36.2 Å². The number of nitrogens with zero attached hydrogens (tertiary/aromatic N) is 4. The third kappa shape index (κ3) is 3.45. The number of hydrogen-bond donors (Lipinski definition) is 0. The Morgan fingerprint density at radius 3 is 2.67 bits per heavy atom. The molecule has 0 bridgehead atoms. The van der Waals surface area contributed by atoms with Crippen LogP contribution in [0.4, 0.5) is 9.18 Å². The van der Waals surface area contributed by atoms with E-state index in [1.54, 1.807) is 30.6 Å². The van der Waals surface area contributed by atoms with Gasteiger partial charge in [-0.3, -0.25) is 4.98 Å². The minimum Gasteiger partial charge on any atom is -0.451 e. The molecule has 1 aromatic carbocycles. The largest absolute Gasteiger partial charge is 0.451 e. The quantitative estimate of drug-likeness (QED) is 0.737. The average Bonchev–Trinajstić information content (AvgIpc) is 3.05. The van der Waals surface area contributed by atoms with Crippen molar-refractivity contribution >= 4 is 6.09 Å². The normalized spacial score (nSPS) is 10.6. The van der Waals surface area contributed by atoms with Crippen LogP contribution < -0.4 is 0 Å². The maximum absolute atomic E-state index is 13.0. The highest BCUT2D eigenvalue weighted by atomic mass is 19.1. The highest BCUT2D eigenvalue weighted by molar-refractivity contribution is 5.70. The molecule has 0 N–H and O–H groups in total. The lowest BCUT2D eigenvalue weighted by atomic mass is 10.1. The number of aryl methyl sites for hydroxylation is 2. The molecular formula is C17H15FN4O2. The molecule has 2 aromatic heterocycles. The number of methoxy groups -OCH3 is 1. The fourth-order valence-electron chi connectivity index (χ4n) is 2.26. The molecule has 2 heterocycles. The molecule has 122 valence electrons. The zero-order valence-corrected chi connectivity index (χ0v) is 13.0. The third-order valence-corrected chi connectivity index (χ3v) is 3.49. The van der Waals surface area contributed by atoms with E-state index in [4.69, 9.17) is 4.74 Å². The summed E-state index contributed by atoms with van der Waals surface area (Å²) in [7, 11) is 1.29. The average molecular weight is 326 g/mol. The van der Waals surface area contributed by atoms with Gasteiger partial charge in [-0.2, -0.15) is 0 Å². The number of hydrogen-bond acceptors (Lipinski definition) is 5. The number of halogens is 1. The molecular weight excluding hydrogens is 311 g/mol. The number of benzene rings is 1. The van der Waals surface area contributed by atoms with Gasteiger partial charge in [0.15, 0.2) is 5.82 Å². The molecule has 0 fully saturated rings. The monoisotopic (exact) mass is 326 g/mol. The Bertz CT molecular complexity index is 832. The van der Waals surface area contributed by atoms with Crippen LogP contribution in [-0.4, -0.2) is 33.0 Å². The first-order valence-electron chi connectivity index (χ1n) is 7.36. The highest BCUT2D eigenvalue weighted by Crippen LogP contribution is 2.16. The third-order valence-electron chi connectivity index (χ3n) is 3.49. The summed E-state index contributed by atoms with van der Waals surface area (Å²) in [6.45, 7) is 0. The Morgan fingerprint density at radius 1 is 1.21 bits per heavy atom. The van der Waals surface area contributed by atoms with Crippen molar-refractivity contribution in [3.63, 3.8) is 0 Å². The molecule has 6 nitrogen and oxygen atoms in total. The summed E-state index contributed by atoms with van der Waals surface area (Å²) in [6.07, 6.45) is 3.74. The maximum Gasteiger partial charge on any atom is 0.436 e. The van der Waals surface area contributed by atoms with Crippen molar-refractivity contribution < 1.29 is 13.9 Å². The van der Waals surface area contributed by atoms with E-state index in [1.165, 1.54) is 19.2 Å². The second-order valence-corrected chi connectivity index (χ2v) is 5.10. The van der Waals surface area contributed by atoms with E-state index >= 15 is 0 Å². The molecule has 0 unspecified atom stereocenters. The van der Waals surface area contributed by atoms with E-state index in [1.807, 2.05) is 6.07 Å². The van der Waals surface area contributed by atoms with E-state index in [9.17, 15) is 9.18 Å². The number of aromatic nitrogens is 4. The summed E-state index contributed by atoms with van der Waals surface area (Å²) >= 11 is 0. The van der Waals surface area contributed by atoms with Gasteiger partial charge in [-0.25, -0.2) is 14.2 Å². The van der Waals surface area contributed by atoms with Crippen molar-refractivity contribution in [2.75, 3.05) is 7.11 Å². The van der Waals surface area contributed by atoms with Crippen LogP contribution in [0.1, 0.15) is 11.4 Å². The van der Waals surface area contributed by atoms with Crippen LogP contribution in [0.5, 0.6) is 0 Å². The van der Waals surface area contributed by atoms with Crippen molar-refractivity contribution in [2.45, 2.75) is 12.8 Å². The lowest BCUT2D eigenvalue weighted by Gasteiger charge is -2.03. The lowest BCUT2D eigenvalue weighted by molar-refractivity contribution is 0.168. The van der Waals surface area contributed by atoms with Gasteiger partial charge in [0.25, 0.3) is 0 Å². The minimum atomic E-state index is -0.605. The Balaban J connectivity index is 1.86. The van der Waals surface area contributed by atoms with Crippen LogP contribution in [0.25, 0.3) is 11.4 Å². The standard InChI is InChI=1S/C17H15FN4O2/c1-24-17(23)22-15(9-6-12-4-7-14(18)8-5-12)20-16(21-22)13-3-2-10-19-11-13/h2-5,7-8,10-11H,6,9H2,1H3. The van der Waals surface area contributed by atoms with E-state index in [-0.39, 0.29) is 5.82 Å². The Hall–Kier alpha value is -3.09. The molecule has 0 aliphatic carbocycles. The molecule has 3 rings (SSSR count). The second kappa shape index (κ2) is 6.99. The Labute approximate surface area is 137 Å². The molecule has 0 spiro atoms. The first kappa shape index (κ1) is 15.8. The molecule has 7 heteroatoms. The zero-order valence-electron chi connectivity index (χ0n) is 13.0. The second-order valence-electron chi connectivity index (χ2n) is 5.10. The molecule has 0 amide bonds. The Kier molecular flexibility index (Phi) is 4.60. The fraction of sp³-hybridized carbons (Fsp3) is 0.176. The summed E-state index contributed by atoms with van der Waals surface area (Å²) in [6, 6.07) is 9.80. The summed E-state index contributed by atoms with van der Waals surface area (Å²) < 4.78 is 18.9. The predicted octanol–water partition coefficient (Wildman–Crippen LogP) is 2.88. The predicted molar refractivity (Wildman–Crippen MR) is 84.9 cm³/mol. The topological polar surface area (TPSA) is 69.9 Å². The van der Waals surface area contributed by atoms with Gasteiger partial charge >= 0.3 is 6.09 Å². The highest BCUT2D eigenvalue weighted by Gasteiger charge is 2.17. The van der Waals surface area contributed by atoms with Gasteiger partial charge in [0.05, 0.1) is 7.11 Å². The molecule has 0 saturated heterocycles. The number of rotatable bonds is 4. The number of ether oxygens (including phenoxy) is 1. The summed E-state index contributed by atoms with van der Waals surface area (Å²) in [4.78, 5) is 20.4. The van der Waals surface area contributed by atoms with Crippen LogP contribution in [0.15, 0.2) is 48.8 Å². The van der Waals surface area contributed by atoms with Crippen molar-refractivity contribution in [3.05, 3.63) is 66.0 Å². The molecule has 0 radical (unpaired) electrons. The van der Waals surface area contributed by atoms with Gasteiger partial charge in [0.1, 0.15) is 11.6 Å². The lowest BCUT2D eigenvalue weighted by Crippen LogP contribution is -2.17. The van der Waals surface area contributed by atoms with Crippen molar-refractivity contribution in [3.8, 4) is 11.4 Å². The number of carbonyl (C=O) groups is 1. The first-order chi connectivity index (χ1) is 11.7. The minimum absolute atomic E-state index is 0.282. The summed E-state index contributed by atoms with van der Waals surface area (Å²) in [5.74, 6) is 0.600. The van der Waals surface area contributed by atoms with E-state index in [0.29, 0.717) is 30.1 Å². The molecule has 0 aliphatic heterocycles. The summed E-state index contributed by atoms with van der Waals surface area (Å²) in [5.41, 5.74) is 1.65. The van der Waals surface area contributed by atoms with Crippen LogP contribution in [0.2, 0.25) is 0 Å². The van der Waals surface area contributed by atoms with Crippen LogP contribution in [0, 0.1) is 5.82 Å². The van der Waals surface area contributed by atoms with Crippen molar-refractivity contribution in [1.82, 2.24) is 19.7 Å². The van der Waals surface area contributed by atoms with Crippen LogP contribution >= 0.6 is 0 Å². The molecule has 24 heavy (non-hydrogen) atoms.